The predicted octanol–water partition coefficient (Wildman–Crippen LogP) is 2.27. The molecule has 106 valence electrons. The summed E-state index contributed by atoms with van der Waals surface area (Å²) in [4.78, 5) is 0. The van der Waals surface area contributed by atoms with Crippen molar-refractivity contribution >= 4 is 9.84 Å². The Labute approximate surface area is 114 Å². The first-order valence-electron chi connectivity index (χ1n) is 6.63. The van der Waals surface area contributed by atoms with E-state index in [9.17, 15) is 12.8 Å². The Morgan fingerprint density at radius 1 is 1.21 bits per heavy atom. The maximum absolute atomic E-state index is 12.8. The minimum absolute atomic E-state index is 0.00815. The van der Waals surface area contributed by atoms with Crippen LogP contribution >= 0.6 is 0 Å². The second-order valence-corrected chi connectivity index (χ2v) is 7.53. The average Bonchev–Trinajstić information content (AvgIpc) is 2.37. The van der Waals surface area contributed by atoms with E-state index in [-0.39, 0.29) is 17.1 Å². The van der Waals surface area contributed by atoms with E-state index in [0.29, 0.717) is 6.54 Å². The van der Waals surface area contributed by atoms with Crippen LogP contribution in [0.25, 0.3) is 0 Å². The van der Waals surface area contributed by atoms with Crippen LogP contribution in [-0.2, 0) is 16.4 Å². The van der Waals surface area contributed by atoms with Gasteiger partial charge in [0.15, 0.2) is 9.84 Å². The highest BCUT2D eigenvalue weighted by Crippen LogP contribution is 2.24. The zero-order valence-corrected chi connectivity index (χ0v) is 11.9. The first-order chi connectivity index (χ1) is 8.97. The first-order valence-corrected chi connectivity index (χ1v) is 8.59. The van der Waals surface area contributed by atoms with Crippen molar-refractivity contribution in [2.75, 3.05) is 6.26 Å². The Balaban J connectivity index is 1.98. The van der Waals surface area contributed by atoms with Crippen molar-refractivity contribution < 1.29 is 12.8 Å². The molecule has 0 saturated heterocycles. The molecule has 0 spiro atoms. The molecule has 3 nitrogen and oxygen atoms in total. The number of benzene rings is 1. The monoisotopic (exact) mass is 285 g/mol. The van der Waals surface area contributed by atoms with Gasteiger partial charge in [0.25, 0.3) is 0 Å². The van der Waals surface area contributed by atoms with E-state index in [2.05, 4.69) is 5.32 Å². The molecule has 0 bridgehead atoms. The van der Waals surface area contributed by atoms with Crippen molar-refractivity contribution in [1.82, 2.24) is 5.32 Å². The van der Waals surface area contributed by atoms with Gasteiger partial charge in [0.05, 0.1) is 5.25 Å². The first kappa shape index (κ1) is 14.5. The van der Waals surface area contributed by atoms with Crippen molar-refractivity contribution in [1.29, 1.82) is 0 Å². The lowest BCUT2D eigenvalue weighted by Gasteiger charge is -2.31. The lowest BCUT2D eigenvalue weighted by Crippen LogP contribution is -2.45. The molecule has 0 aliphatic heterocycles. The van der Waals surface area contributed by atoms with Gasteiger partial charge in [-0.3, -0.25) is 0 Å². The van der Waals surface area contributed by atoms with Crippen molar-refractivity contribution in [2.45, 2.75) is 43.5 Å². The van der Waals surface area contributed by atoms with Crippen LogP contribution in [0.1, 0.15) is 31.2 Å². The highest BCUT2D eigenvalue weighted by molar-refractivity contribution is 7.91. The molecule has 1 saturated carbocycles. The van der Waals surface area contributed by atoms with Gasteiger partial charge in [-0.1, -0.05) is 25.0 Å². The van der Waals surface area contributed by atoms with E-state index in [1.807, 2.05) is 0 Å². The van der Waals surface area contributed by atoms with Crippen LogP contribution < -0.4 is 5.32 Å². The molecule has 5 heteroatoms. The summed E-state index contributed by atoms with van der Waals surface area (Å²) in [5.41, 5.74) is 0.972. The van der Waals surface area contributed by atoms with Crippen LogP contribution in [-0.4, -0.2) is 26.0 Å². The Kier molecular flexibility index (Phi) is 4.58. The molecule has 2 rings (SSSR count). The minimum atomic E-state index is -3.01. The molecule has 1 N–H and O–H groups in total. The Morgan fingerprint density at radius 2 is 1.84 bits per heavy atom. The Morgan fingerprint density at radius 3 is 2.47 bits per heavy atom. The predicted molar refractivity (Wildman–Crippen MR) is 74.1 cm³/mol. The normalized spacial score (nSPS) is 24.3. The molecule has 2 atom stereocenters. The number of rotatable bonds is 4. The molecular weight excluding hydrogens is 265 g/mol. The van der Waals surface area contributed by atoms with Gasteiger partial charge in [0.2, 0.25) is 0 Å². The summed E-state index contributed by atoms with van der Waals surface area (Å²) >= 11 is 0. The summed E-state index contributed by atoms with van der Waals surface area (Å²) in [6, 6.07) is 6.30. The SMILES string of the molecule is CS(=O)(=O)[C@@H]1CCCC[C@H]1NCc1ccc(F)cc1. The summed E-state index contributed by atoms with van der Waals surface area (Å²) in [6.07, 6.45) is 4.98. The zero-order valence-electron chi connectivity index (χ0n) is 11.1. The smallest absolute Gasteiger partial charge is 0.151 e. The summed E-state index contributed by atoms with van der Waals surface area (Å²) in [7, 11) is -3.01. The molecule has 0 amide bonds. The quantitative estimate of drug-likeness (QED) is 0.923. The van der Waals surface area contributed by atoms with Gasteiger partial charge >= 0.3 is 0 Å². The van der Waals surface area contributed by atoms with Gasteiger partial charge in [0.1, 0.15) is 5.82 Å². The molecule has 0 unspecified atom stereocenters. The maximum atomic E-state index is 12.8. The van der Waals surface area contributed by atoms with E-state index in [1.54, 1.807) is 12.1 Å². The van der Waals surface area contributed by atoms with Crippen LogP contribution in [0.3, 0.4) is 0 Å². The molecule has 19 heavy (non-hydrogen) atoms. The third-order valence-electron chi connectivity index (χ3n) is 3.73. The Bertz CT molecular complexity index is 513. The summed E-state index contributed by atoms with van der Waals surface area (Å²) in [5, 5.41) is 3.02. The maximum Gasteiger partial charge on any atom is 0.151 e. The number of nitrogens with one attached hydrogen (secondary N) is 1. The molecule has 0 heterocycles. The summed E-state index contributed by atoms with van der Waals surface area (Å²) < 4.78 is 36.3. The van der Waals surface area contributed by atoms with Gasteiger partial charge in [-0.15, -0.1) is 0 Å². The molecule has 0 aromatic heterocycles. The number of hydrogen-bond acceptors (Lipinski definition) is 3. The van der Waals surface area contributed by atoms with E-state index < -0.39 is 9.84 Å². The van der Waals surface area contributed by atoms with Crippen molar-refractivity contribution in [3.63, 3.8) is 0 Å². The van der Waals surface area contributed by atoms with E-state index in [1.165, 1.54) is 18.4 Å². The fourth-order valence-corrected chi connectivity index (χ4v) is 4.12. The minimum Gasteiger partial charge on any atom is -0.309 e. The number of hydrogen-bond donors (Lipinski definition) is 1. The van der Waals surface area contributed by atoms with Crippen LogP contribution in [0.4, 0.5) is 4.39 Å². The second-order valence-electron chi connectivity index (χ2n) is 5.27. The third-order valence-corrected chi connectivity index (χ3v) is 5.40. The summed E-state index contributed by atoms with van der Waals surface area (Å²) in [6.45, 7) is 0.580. The fraction of sp³-hybridized carbons (Fsp3) is 0.571. The molecule has 0 radical (unpaired) electrons. The molecule has 1 aliphatic carbocycles. The highest BCUT2D eigenvalue weighted by Gasteiger charge is 2.32. The largest absolute Gasteiger partial charge is 0.309 e. The number of sulfone groups is 1. The standard InChI is InChI=1S/C14H20FNO2S/c1-19(17,18)14-5-3-2-4-13(14)16-10-11-6-8-12(15)9-7-11/h6-9,13-14,16H,2-5,10H2,1H3/t13-,14-/m1/s1. The lowest BCUT2D eigenvalue weighted by molar-refractivity contribution is 0.370. The van der Waals surface area contributed by atoms with Crippen LogP contribution in [0.2, 0.25) is 0 Å². The third kappa shape index (κ3) is 4.01. The topological polar surface area (TPSA) is 46.2 Å². The lowest BCUT2D eigenvalue weighted by atomic mass is 9.94. The number of halogens is 1. The van der Waals surface area contributed by atoms with E-state index in [4.69, 9.17) is 0 Å². The summed E-state index contributed by atoms with van der Waals surface area (Å²) in [5.74, 6) is -0.254. The van der Waals surface area contributed by atoms with Gasteiger partial charge in [0, 0.05) is 18.8 Å². The van der Waals surface area contributed by atoms with Gasteiger partial charge < -0.3 is 5.32 Å². The van der Waals surface area contributed by atoms with Gasteiger partial charge in [-0.25, -0.2) is 12.8 Å². The van der Waals surface area contributed by atoms with Crippen molar-refractivity contribution in [2.24, 2.45) is 0 Å². The average molecular weight is 285 g/mol. The van der Waals surface area contributed by atoms with Gasteiger partial charge in [-0.05, 0) is 30.5 Å². The van der Waals surface area contributed by atoms with Crippen molar-refractivity contribution in [3.8, 4) is 0 Å². The molecule has 1 aromatic carbocycles. The van der Waals surface area contributed by atoms with Gasteiger partial charge in [-0.2, -0.15) is 0 Å². The fourth-order valence-electron chi connectivity index (χ4n) is 2.69. The molecular formula is C14H20FNO2S. The zero-order chi connectivity index (χ0) is 13.9. The van der Waals surface area contributed by atoms with Crippen LogP contribution in [0.5, 0.6) is 0 Å². The van der Waals surface area contributed by atoms with Crippen LogP contribution in [0, 0.1) is 5.82 Å². The van der Waals surface area contributed by atoms with E-state index >= 15 is 0 Å². The van der Waals surface area contributed by atoms with E-state index in [0.717, 1.165) is 31.2 Å². The Hall–Kier alpha value is -0.940. The second kappa shape index (κ2) is 6.01. The van der Waals surface area contributed by atoms with Crippen LogP contribution in [0.15, 0.2) is 24.3 Å². The highest BCUT2D eigenvalue weighted by atomic mass is 32.2. The molecule has 1 aliphatic rings. The van der Waals surface area contributed by atoms with Crippen molar-refractivity contribution in [3.05, 3.63) is 35.6 Å². The molecule has 1 fully saturated rings. The molecule has 1 aromatic rings.